The van der Waals surface area contributed by atoms with Crippen LogP contribution in [0.2, 0.25) is 0 Å². The Kier molecular flexibility index (Phi) is 7.28. The first-order valence-electron chi connectivity index (χ1n) is 9.70. The van der Waals surface area contributed by atoms with E-state index in [0.29, 0.717) is 18.0 Å². The number of nitrogens with zero attached hydrogens (tertiary/aromatic N) is 2. The zero-order valence-corrected chi connectivity index (χ0v) is 17.7. The quantitative estimate of drug-likeness (QED) is 0.688. The molecule has 0 unspecified atom stereocenters. The van der Waals surface area contributed by atoms with Gasteiger partial charge in [-0.2, -0.15) is 4.31 Å². The van der Waals surface area contributed by atoms with Crippen LogP contribution in [-0.2, 0) is 21.2 Å². The van der Waals surface area contributed by atoms with Crippen LogP contribution in [0.1, 0.15) is 52.5 Å². The summed E-state index contributed by atoms with van der Waals surface area (Å²) < 4.78 is 32.5. The molecule has 1 saturated heterocycles. The minimum atomic E-state index is -3.53. The van der Waals surface area contributed by atoms with Crippen molar-refractivity contribution in [2.75, 3.05) is 26.2 Å². The molecule has 1 fully saturated rings. The summed E-state index contributed by atoms with van der Waals surface area (Å²) in [5.41, 5.74) is 0.608. The molecule has 1 aliphatic rings. The van der Waals surface area contributed by atoms with Gasteiger partial charge in [0.2, 0.25) is 10.0 Å². The second kappa shape index (κ2) is 9.06. The zero-order chi connectivity index (χ0) is 20.1. The Morgan fingerprint density at radius 2 is 1.63 bits per heavy atom. The first kappa shape index (κ1) is 21.7. The lowest BCUT2D eigenvalue weighted by molar-refractivity contribution is 0.0192. The van der Waals surface area contributed by atoms with E-state index in [2.05, 4.69) is 6.92 Å². The Balaban J connectivity index is 1.95. The number of benzene rings is 1. The number of hydrogen-bond acceptors (Lipinski definition) is 4. The molecule has 0 N–H and O–H groups in total. The number of hydrogen-bond donors (Lipinski definition) is 0. The van der Waals surface area contributed by atoms with Crippen LogP contribution in [0.4, 0.5) is 4.79 Å². The largest absolute Gasteiger partial charge is 0.444 e. The highest BCUT2D eigenvalue weighted by atomic mass is 32.2. The highest BCUT2D eigenvalue weighted by Gasteiger charge is 2.31. The van der Waals surface area contributed by atoms with E-state index in [1.54, 1.807) is 17.0 Å². The molecule has 0 saturated carbocycles. The molecule has 0 aromatic heterocycles. The van der Waals surface area contributed by atoms with Gasteiger partial charge < -0.3 is 9.64 Å². The summed E-state index contributed by atoms with van der Waals surface area (Å²) >= 11 is 0. The van der Waals surface area contributed by atoms with Gasteiger partial charge in [0.15, 0.2) is 0 Å². The lowest BCUT2D eigenvalue weighted by Crippen LogP contribution is -2.51. The second-order valence-electron chi connectivity index (χ2n) is 7.97. The summed E-state index contributed by atoms with van der Waals surface area (Å²) in [5, 5.41) is 0. The van der Waals surface area contributed by atoms with Gasteiger partial charge in [0.25, 0.3) is 0 Å². The number of aryl methyl sites for hydroxylation is 1. The maximum absolute atomic E-state index is 12.9. The summed E-state index contributed by atoms with van der Waals surface area (Å²) in [5.74, 6) is 0. The van der Waals surface area contributed by atoms with Crippen LogP contribution in [0, 0.1) is 0 Å². The predicted molar refractivity (Wildman–Crippen MR) is 106 cm³/mol. The molecule has 0 atom stereocenters. The zero-order valence-electron chi connectivity index (χ0n) is 16.9. The molecule has 7 heteroatoms. The van der Waals surface area contributed by atoms with Crippen molar-refractivity contribution in [1.29, 1.82) is 0 Å². The Hall–Kier alpha value is -1.60. The molecule has 0 aliphatic carbocycles. The molecule has 152 valence electrons. The van der Waals surface area contributed by atoms with Crippen molar-refractivity contribution in [3.8, 4) is 0 Å². The Bertz CT molecular complexity index is 715. The van der Waals surface area contributed by atoms with E-state index in [-0.39, 0.29) is 13.1 Å². The van der Waals surface area contributed by atoms with Crippen molar-refractivity contribution in [3.63, 3.8) is 0 Å². The van der Waals surface area contributed by atoms with Crippen molar-refractivity contribution in [3.05, 3.63) is 29.8 Å². The van der Waals surface area contributed by atoms with Crippen molar-refractivity contribution < 1.29 is 17.9 Å². The van der Waals surface area contributed by atoms with Crippen LogP contribution >= 0.6 is 0 Å². The van der Waals surface area contributed by atoms with E-state index in [0.717, 1.165) is 18.4 Å². The molecule has 1 heterocycles. The average molecular weight is 397 g/mol. The van der Waals surface area contributed by atoms with Gasteiger partial charge in [0, 0.05) is 26.2 Å². The third-order valence-corrected chi connectivity index (χ3v) is 6.43. The molecule has 1 amide bonds. The smallest absolute Gasteiger partial charge is 0.410 e. The molecule has 27 heavy (non-hydrogen) atoms. The fraction of sp³-hybridized carbons (Fsp3) is 0.650. The summed E-state index contributed by atoms with van der Waals surface area (Å²) in [6, 6.07) is 7.19. The molecule has 0 bridgehead atoms. The predicted octanol–water partition coefficient (Wildman–Crippen LogP) is 3.66. The Morgan fingerprint density at radius 1 is 1.04 bits per heavy atom. The van der Waals surface area contributed by atoms with Crippen LogP contribution in [0.15, 0.2) is 29.2 Å². The van der Waals surface area contributed by atoms with Crippen molar-refractivity contribution in [1.82, 2.24) is 9.21 Å². The monoisotopic (exact) mass is 396 g/mol. The topological polar surface area (TPSA) is 66.9 Å². The van der Waals surface area contributed by atoms with Crippen LogP contribution in [-0.4, -0.2) is 55.5 Å². The van der Waals surface area contributed by atoms with E-state index >= 15 is 0 Å². The minimum Gasteiger partial charge on any atom is -0.444 e. The number of piperazine rings is 1. The summed E-state index contributed by atoms with van der Waals surface area (Å²) in [4.78, 5) is 14.0. The molecule has 6 nitrogen and oxygen atoms in total. The van der Waals surface area contributed by atoms with Gasteiger partial charge in [0.1, 0.15) is 5.60 Å². The molecule has 0 radical (unpaired) electrons. The van der Waals surface area contributed by atoms with E-state index in [1.807, 2.05) is 32.9 Å². The molecular weight excluding hydrogens is 364 g/mol. The van der Waals surface area contributed by atoms with Gasteiger partial charge in [-0.25, -0.2) is 13.2 Å². The molecule has 2 rings (SSSR count). The first-order valence-corrected chi connectivity index (χ1v) is 11.1. The molecule has 1 aromatic carbocycles. The van der Waals surface area contributed by atoms with Gasteiger partial charge in [0.05, 0.1) is 4.90 Å². The number of carbonyl (C=O) groups is 1. The van der Waals surface area contributed by atoms with Crippen molar-refractivity contribution in [2.24, 2.45) is 0 Å². The summed E-state index contributed by atoms with van der Waals surface area (Å²) in [7, 11) is -3.53. The fourth-order valence-corrected chi connectivity index (χ4v) is 4.42. The lowest BCUT2D eigenvalue weighted by atomic mass is 10.1. The van der Waals surface area contributed by atoms with E-state index in [9.17, 15) is 13.2 Å². The molecule has 0 spiro atoms. The van der Waals surface area contributed by atoms with Gasteiger partial charge in [-0.15, -0.1) is 0 Å². The van der Waals surface area contributed by atoms with Gasteiger partial charge >= 0.3 is 6.09 Å². The number of carbonyl (C=O) groups excluding carboxylic acids is 1. The second-order valence-corrected chi connectivity index (χ2v) is 9.91. The minimum absolute atomic E-state index is 0.278. The molecule has 1 aliphatic heterocycles. The number of unbranched alkanes of at least 4 members (excludes halogenated alkanes) is 2. The maximum Gasteiger partial charge on any atom is 0.410 e. The van der Waals surface area contributed by atoms with Crippen molar-refractivity contribution in [2.45, 2.75) is 63.9 Å². The van der Waals surface area contributed by atoms with Gasteiger partial charge in [-0.1, -0.05) is 31.9 Å². The lowest BCUT2D eigenvalue weighted by Gasteiger charge is -2.35. The van der Waals surface area contributed by atoms with Crippen LogP contribution in [0.3, 0.4) is 0 Å². The fourth-order valence-electron chi connectivity index (χ4n) is 2.99. The number of amides is 1. The third-order valence-electron chi connectivity index (χ3n) is 4.52. The number of rotatable bonds is 6. The van der Waals surface area contributed by atoms with Crippen LogP contribution in [0.25, 0.3) is 0 Å². The summed E-state index contributed by atoms with van der Waals surface area (Å²) in [6.07, 6.45) is 4.05. The maximum atomic E-state index is 12.9. The average Bonchev–Trinajstić information content (AvgIpc) is 2.61. The molecular formula is C20H32N2O4S. The van der Waals surface area contributed by atoms with E-state index < -0.39 is 21.7 Å². The summed E-state index contributed by atoms with van der Waals surface area (Å²) in [6.45, 7) is 8.84. The first-order chi connectivity index (χ1) is 12.6. The number of sulfonamides is 1. The third kappa shape index (κ3) is 6.21. The highest BCUT2D eigenvalue weighted by Crippen LogP contribution is 2.20. The Morgan fingerprint density at radius 3 is 2.15 bits per heavy atom. The SMILES string of the molecule is CCCCCc1ccc(S(=O)(=O)N2CCN(C(=O)OC(C)(C)C)CC2)cc1. The Labute approximate surface area is 163 Å². The van der Waals surface area contributed by atoms with Gasteiger partial charge in [-0.05, 0) is 51.3 Å². The van der Waals surface area contributed by atoms with Crippen LogP contribution < -0.4 is 0 Å². The highest BCUT2D eigenvalue weighted by molar-refractivity contribution is 7.89. The van der Waals surface area contributed by atoms with Crippen LogP contribution in [0.5, 0.6) is 0 Å². The van der Waals surface area contributed by atoms with E-state index in [1.165, 1.54) is 17.1 Å². The standard InChI is InChI=1S/C20H32N2O4S/c1-5-6-7-8-17-9-11-18(12-10-17)27(24,25)22-15-13-21(14-16-22)19(23)26-20(2,3)4/h9-12H,5-8,13-16H2,1-4H3. The van der Waals surface area contributed by atoms with Crippen molar-refractivity contribution >= 4 is 16.1 Å². The van der Waals surface area contributed by atoms with Gasteiger partial charge in [-0.3, -0.25) is 0 Å². The molecule has 1 aromatic rings. The normalized spacial score (nSPS) is 16.4. The number of ether oxygens (including phenoxy) is 1. The van der Waals surface area contributed by atoms with E-state index in [4.69, 9.17) is 4.74 Å².